The van der Waals surface area contributed by atoms with Crippen molar-refractivity contribution >= 4 is 0 Å². The minimum atomic E-state index is -0.253. The van der Waals surface area contributed by atoms with Crippen LogP contribution in [0, 0.1) is 11.7 Å². The van der Waals surface area contributed by atoms with Gasteiger partial charge in [-0.15, -0.1) is 10.2 Å². The normalized spacial score (nSPS) is 19.2. The van der Waals surface area contributed by atoms with Crippen LogP contribution in [0.3, 0.4) is 0 Å². The van der Waals surface area contributed by atoms with E-state index in [2.05, 4.69) is 15.1 Å². The van der Waals surface area contributed by atoms with Gasteiger partial charge in [0.25, 0.3) is 0 Å². The molecule has 1 aliphatic heterocycles. The van der Waals surface area contributed by atoms with E-state index in [1.165, 1.54) is 25.0 Å². The van der Waals surface area contributed by atoms with Gasteiger partial charge < -0.3 is 14.2 Å². The van der Waals surface area contributed by atoms with Crippen LogP contribution in [0.15, 0.2) is 36.9 Å². The molecule has 3 rings (SSSR count). The van der Waals surface area contributed by atoms with Crippen LogP contribution in [0.1, 0.15) is 12.8 Å². The summed E-state index contributed by atoms with van der Waals surface area (Å²) >= 11 is 0. The molecule has 0 saturated carbocycles. The van der Waals surface area contributed by atoms with Gasteiger partial charge in [0.05, 0.1) is 6.61 Å². The van der Waals surface area contributed by atoms with Crippen molar-refractivity contribution in [2.45, 2.75) is 19.4 Å². The van der Waals surface area contributed by atoms with Crippen LogP contribution in [0.2, 0.25) is 0 Å². The lowest BCUT2D eigenvalue weighted by Crippen LogP contribution is -2.39. The van der Waals surface area contributed by atoms with E-state index in [0.29, 0.717) is 18.3 Å². The van der Waals surface area contributed by atoms with Gasteiger partial charge >= 0.3 is 0 Å². The molecular weight excluding hydrogens is 283 g/mol. The van der Waals surface area contributed by atoms with Gasteiger partial charge in [0.1, 0.15) is 24.2 Å². The minimum absolute atomic E-state index is 0.253. The number of nitrogens with zero attached hydrogens (tertiary/aromatic N) is 4. The highest BCUT2D eigenvalue weighted by Gasteiger charge is 2.20. The Morgan fingerprint density at radius 1 is 1.23 bits per heavy atom. The Kier molecular flexibility index (Phi) is 5.00. The molecule has 1 aromatic heterocycles. The van der Waals surface area contributed by atoms with Crippen molar-refractivity contribution in [3.63, 3.8) is 0 Å². The number of halogens is 1. The molecule has 0 radical (unpaired) electrons. The zero-order valence-electron chi connectivity index (χ0n) is 12.6. The molecule has 0 unspecified atom stereocenters. The maximum absolute atomic E-state index is 13.1. The average molecular weight is 304 g/mol. The lowest BCUT2D eigenvalue weighted by Gasteiger charge is -2.32. The molecule has 0 bridgehead atoms. The highest BCUT2D eigenvalue weighted by molar-refractivity contribution is 5.22. The van der Waals surface area contributed by atoms with Gasteiger partial charge in [-0.2, -0.15) is 0 Å². The van der Waals surface area contributed by atoms with Crippen LogP contribution in [0.25, 0.3) is 0 Å². The van der Waals surface area contributed by atoms with Crippen molar-refractivity contribution in [1.82, 2.24) is 19.7 Å². The lowest BCUT2D eigenvalue weighted by molar-refractivity contribution is 0.127. The molecule has 0 aliphatic carbocycles. The number of benzene rings is 1. The van der Waals surface area contributed by atoms with E-state index < -0.39 is 0 Å². The Bertz CT molecular complexity index is 575. The molecule has 118 valence electrons. The van der Waals surface area contributed by atoms with E-state index in [1.54, 1.807) is 24.8 Å². The minimum Gasteiger partial charge on any atom is -0.493 e. The second-order valence-electron chi connectivity index (χ2n) is 5.78. The molecule has 1 atom stereocenters. The third-order valence-electron chi connectivity index (χ3n) is 4.03. The Hall–Kier alpha value is -1.95. The summed E-state index contributed by atoms with van der Waals surface area (Å²) in [5.74, 6) is 0.858. The molecule has 2 heterocycles. The first-order valence-corrected chi connectivity index (χ1v) is 7.73. The van der Waals surface area contributed by atoms with Gasteiger partial charge in [0.15, 0.2) is 0 Å². The first-order valence-electron chi connectivity index (χ1n) is 7.73. The monoisotopic (exact) mass is 304 g/mol. The van der Waals surface area contributed by atoms with Crippen LogP contribution >= 0.6 is 0 Å². The second-order valence-corrected chi connectivity index (χ2v) is 5.78. The molecular formula is C16H21FN4O. The molecule has 6 heteroatoms. The summed E-state index contributed by atoms with van der Waals surface area (Å²) in [5, 5.41) is 7.63. The van der Waals surface area contributed by atoms with E-state index in [4.69, 9.17) is 4.74 Å². The van der Waals surface area contributed by atoms with Crippen LogP contribution in [0.4, 0.5) is 4.39 Å². The first-order chi connectivity index (χ1) is 10.8. The van der Waals surface area contributed by atoms with Crippen molar-refractivity contribution in [2.24, 2.45) is 5.92 Å². The van der Waals surface area contributed by atoms with Crippen LogP contribution < -0.4 is 4.74 Å². The van der Waals surface area contributed by atoms with Gasteiger partial charge in [-0.3, -0.25) is 0 Å². The Balaban J connectivity index is 1.44. The van der Waals surface area contributed by atoms with Crippen molar-refractivity contribution < 1.29 is 9.13 Å². The summed E-state index contributed by atoms with van der Waals surface area (Å²) in [6.45, 7) is 4.70. The third kappa shape index (κ3) is 4.27. The van der Waals surface area contributed by atoms with Gasteiger partial charge in [-0.25, -0.2) is 4.39 Å². The van der Waals surface area contributed by atoms with E-state index in [-0.39, 0.29) is 5.82 Å². The van der Waals surface area contributed by atoms with Crippen molar-refractivity contribution in [3.8, 4) is 5.75 Å². The standard InChI is InChI=1S/C16H21FN4O/c17-15-4-1-5-16(9-15)22-11-14-3-2-6-20(10-14)7-8-21-12-18-19-13-21/h1,4-5,9,12-14H,2-3,6-8,10-11H2/t14-/m1/s1. The summed E-state index contributed by atoms with van der Waals surface area (Å²) in [7, 11) is 0. The molecule has 0 amide bonds. The van der Waals surface area contributed by atoms with Crippen LogP contribution in [-0.4, -0.2) is 45.9 Å². The van der Waals surface area contributed by atoms with E-state index in [0.717, 1.165) is 26.2 Å². The molecule has 1 fully saturated rings. The highest BCUT2D eigenvalue weighted by Crippen LogP contribution is 2.19. The maximum atomic E-state index is 13.1. The fourth-order valence-corrected chi connectivity index (χ4v) is 2.86. The topological polar surface area (TPSA) is 43.2 Å². The largest absolute Gasteiger partial charge is 0.493 e. The van der Waals surface area contributed by atoms with Gasteiger partial charge in [0, 0.05) is 31.6 Å². The SMILES string of the molecule is Fc1cccc(OC[C@@H]2CCCN(CCn3cnnc3)C2)c1. The quantitative estimate of drug-likeness (QED) is 0.820. The Labute approximate surface area is 129 Å². The second kappa shape index (κ2) is 7.35. The number of likely N-dealkylation sites (tertiary alicyclic amines) is 1. The van der Waals surface area contributed by atoms with Crippen LogP contribution in [-0.2, 0) is 6.54 Å². The molecule has 22 heavy (non-hydrogen) atoms. The van der Waals surface area contributed by atoms with Gasteiger partial charge in [0.2, 0.25) is 0 Å². The lowest BCUT2D eigenvalue weighted by atomic mass is 9.99. The average Bonchev–Trinajstić information content (AvgIpc) is 3.05. The molecule has 0 spiro atoms. The maximum Gasteiger partial charge on any atom is 0.126 e. The van der Waals surface area contributed by atoms with Crippen molar-refractivity contribution in [2.75, 3.05) is 26.2 Å². The number of hydrogen-bond acceptors (Lipinski definition) is 4. The Morgan fingerprint density at radius 2 is 2.09 bits per heavy atom. The molecule has 2 aromatic rings. The van der Waals surface area contributed by atoms with Crippen LogP contribution in [0.5, 0.6) is 5.75 Å². The number of ether oxygens (including phenoxy) is 1. The van der Waals surface area contributed by atoms with Gasteiger partial charge in [-0.05, 0) is 31.5 Å². The summed E-state index contributed by atoms with van der Waals surface area (Å²) < 4.78 is 20.9. The zero-order chi connectivity index (χ0) is 15.2. The molecule has 1 saturated heterocycles. The Morgan fingerprint density at radius 3 is 2.91 bits per heavy atom. The molecule has 0 N–H and O–H groups in total. The van der Waals surface area contributed by atoms with Crippen molar-refractivity contribution in [3.05, 3.63) is 42.7 Å². The number of rotatable bonds is 6. The van der Waals surface area contributed by atoms with E-state index >= 15 is 0 Å². The summed E-state index contributed by atoms with van der Waals surface area (Å²) in [6.07, 6.45) is 5.83. The fourth-order valence-electron chi connectivity index (χ4n) is 2.86. The molecule has 1 aliphatic rings. The zero-order valence-corrected chi connectivity index (χ0v) is 12.6. The third-order valence-corrected chi connectivity index (χ3v) is 4.03. The number of hydrogen-bond donors (Lipinski definition) is 0. The van der Waals surface area contributed by atoms with Crippen molar-refractivity contribution in [1.29, 1.82) is 0 Å². The van der Waals surface area contributed by atoms with E-state index in [1.807, 2.05) is 4.57 Å². The predicted molar refractivity (Wildman–Crippen MR) is 81.1 cm³/mol. The summed E-state index contributed by atoms with van der Waals surface area (Å²) in [4.78, 5) is 2.45. The smallest absolute Gasteiger partial charge is 0.126 e. The highest BCUT2D eigenvalue weighted by atomic mass is 19.1. The number of aromatic nitrogens is 3. The number of piperidine rings is 1. The van der Waals surface area contributed by atoms with E-state index in [9.17, 15) is 4.39 Å². The first kappa shape index (κ1) is 15.0. The molecule has 1 aromatic carbocycles. The molecule has 5 nitrogen and oxygen atoms in total. The summed E-state index contributed by atoms with van der Waals surface area (Å²) in [6, 6.07) is 6.35. The summed E-state index contributed by atoms with van der Waals surface area (Å²) in [5.41, 5.74) is 0. The van der Waals surface area contributed by atoms with Gasteiger partial charge in [-0.1, -0.05) is 6.07 Å². The fraction of sp³-hybridized carbons (Fsp3) is 0.500. The predicted octanol–water partition coefficient (Wildman–Crippen LogP) is 2.21.